The molecule has 7 rings (SSSR count). The van der Waals surface area contributed by atoms with E-state index in [2.05, 4.69) is 21.8 Å². The number of allylic oxidation sites excluding steroid dienone is 2. The number of aromatic nitrogens is 1. The first kappa shape index (κ1) is 19.1. The van der Waals surface area contributed by atoms with Crippen LogP contribution in [0.4, 0.5) is 0 Å². The number of halogens is 1. The number of hydrazone groups is 1. The molecule has 2 aromatic rings. The topological polar surface area (TPSA) is 54.7 Å². The van der Waals surface area contributed by atoms with Gasteiger partial charge in [-0.2, -0.15) is 10.1 Å². The van der Waals surface area contributed by atoms with E-state index in [1.54, 1.807) is 6.21 Å². The van der Waals surface area contributed by atoms with Crippen molar-refractivity contribution in [2.24, 2.45) is 40.6 Å². The molecule has 158 valence electrons. The highest BCUT2D eigenvalue weighted by molar-refractivity contribution is 6.31. The van der Waals surface area contributed by atoms with E-state index in [1.807, 2.05) is 45.0 Å². The average molecular weight is 434 g/mol. The maximum Gasteiger partial charge on any atom is 0.254 e. The van der Waals surface area contributed by atoms with E-state index in [1.165, 1.54) is 0 Å². The Morgan fingerprint density at radius 2 is 1.65 bits per heavy atom. The van der Waals surface area contributed by atoms with Crippen LogP contribution < -0.4 is 0 Å². The highest BCUT2D eigenvalue weighted by Crippen LogP contribution is 2.65. The number of nitrogens with zero attached hydrogens (tertiary/aromatic N) is 3. The van der Waals surface area contributed by atoms with E-state index in [0.717, 1.165) is 44.7 Å². The first-order valence-corrected chi connectivity index (χ1v) is 11.3. The van der Waals surface area contributed by atoms with Crippen LogP contribution in [-0.4, -0.2) is 27.6 Å². The fourth-order valence-corrected chi connectivity index (χ4v) is 6.39. The van der Waals surface area contributed by atoms with Crippen molar-refractivity contribution in [1.82, 2.24) is 9.58 Å². The van der Waals surface area contributed by atoms with Gasteiger partial charge in [0.25, 0.3) is 11.8 Å². The molecule has 2 heterocycles. The van der Waals surface area contributed by atoms with Gasteiger partial charge in [-0.1, -0.05) is 29.8 Å². The van der Waals surface area contributed by atoms with Crippen molar-refractivity contribution in [2.45, 2.75) is 27.2 Å². The molecule has 5 aliphatic rings. The summed E-state index contributed by atoms with van der Waals surface area (Å²) in [5.41, 5.74) is 4.91. The van der Waals surface area contributed by atoms with Crippen LogP contribution in [0.5, 0.6) is 0 Å². The molecule has 0 N–H and O–H groups in total. The third-order valence-corrected chi connectivity index (χ3v) is 8.24. The summed E-state index contributed by atoms with van der Waals surface area (Å²) in [5.74, 6) is 0.927. The molecule has 2 saturated carbocycles. The van der Waals surface area contributed by atoms with Gasteiger partial charge in [0.15, 0.2) is 0 Å². The number of benzene rings is 1. The third-order valence-electron chi connectivity index (χ3n) is 7.84. The van der Waals surface area contributed by atoms with Crippen molar-refractivity contribution in [3.8, 4) is 5.69 Å². The number of carbonyl (C=O) groups excluding carboxylic acids is 2. The molecule has 3 fully saturated rings. The minimum absolute atomic E-state index is 0.130. The normalized spacial score (nSPS) is 32.8. The van der Waals surface area contributed by atoms with Crippen molar-refractivity contribution < 1.29 is 9.59 Å². The second-order valence-corrected chi connectivity index (χ2v) is 9.89. The van der Waals surface area contributed by atoms with Crippen LogP contribution >= 0.6 is 11.6 Å². The van der Waals surface area contributed by atoms with Gasteiger partial charge in [-0.3, -0.25) is 9.59 Å². The molecule has 1 aromatic heterocycles. The maximum atomic E-state index is 13.1. The number of amides is 2. The van der Waals surface area contributed by atoms with E-state index in [0.29, 0.717) is 11.8 Å². The lowest BCUT2D eigenvalue weighted by Crippen LogP contribution is -2.40. The second-order valence-electron chi connectivity index (χ2n) is 9.48. The number of hydrogen-bond donors (Lipinski definition) is 0. The Hall–Kier alpha value is -2.66. The summed E-state index contributed by atoms with van der Waals surface area (Å²) in [6.45, 7) is 6.01. The predicted octanol–water partition coefficient (Wildman–Crippen LogP) is 4.44. The fourth-order valence-electron chi connectivity index (χ4n) is 6.21. The van der Waals surface area contributed by atoms with Crippen molar-refractivity contribution in [2.75, 3.05) is 0 Å². The molecule has 1 aromatic carbocycles. The van der Waals surface area contributed by atoms with E-state index in [-0.39, 0.29) is 35.5 Å². The number of rotatable bonds is 3. The van der Waals surface area contributed by atoms with E-state index < -0.39 is 0 Å². The van der Waals surface area contributed by atoms with Crippen LogP contribution in [0, 0.1) is 56.3 Å². The molecule has 0 unspecified atom stereocenters. The molecular formula is C25H24ClN3O2. The lowest BCUT2D eigenvalue weighted by Gasteiger charge is -2.37. The number of imide groups is 1. The lowest BCUT2D eigenvalue weighted by molar-refractivity contribution is -0.140. The summed E-state index contributed by atoms with van der Waals surface area (Å²) >= 11 is 6.33. The van der Waals surface area contributed by atoms with E-state index in [9.17, 15) is 9.59 Å². The molecule has 5 nitrogen and oxygen atoms in total. The van der Waals surface area contributed by atoms with E-state index >= 15 is 0 Å². The Balaban J connectivity index is 1.30. The highest BCUT2D eigenvalue weighted by atomic mass is 35.5. The van der Waals surface area contributed by atoms with Gasteiger partial charge >= 0.3 is 0 Å². The van der Waals surface area contributed by atoms with Crippen molar-refractivity contribution >= 4 is 29.6 Å². The number of carbonyl (C=O) groups is 2. The molecule has 2 bridgehead atoms. The SMILES string of the molecule is Cc1ccc(-n2c(C)cc(/C=N\N3C(=O)[C@@H]4[C@H]5C=C[C@@H]([C@@H]6C[C@@H]56)[C@H]4C3=O)c2C)cc1Cl. The zero-order valence-corrected chi connectivity index (χ0v) is 18.5. The Kier molecular flexibility index (Phi) is 3.95. The Morgan fingerprint density at radius 3 is 2.26 bits per heavy atom. The monoisotopic (exact) mass is 433 g/mol. The molecule has 0 spiro atoms. The number of aryl methyl sites for hydroxylation is 2. The first-order chi connectivity index (χ1) is 14.9. The Labute approximate surface area is 186 Å². The summed E-state index contributed by atoms with van der Waals surface area (Å²) in [7, 11) is 0. The van der Waals surface area contributed by atoms with Gasteiger partial charge in [-0.05, 0) is 74.6 Å². The average Bonchev–Trinajstić information content (AvgIpc) is 3.47. The zero-order chi connectivity index (χ0) is 21.6. The zero-order valence-electron chi connectivity index (χ0n) is 17.7. The van der Waals surface area contributed by atoms with Gasteiger partial charge < -0.3 is 4.57 Å². The Bertz CT molecular complexity index is 1170. The summed E-state index contributed by atoms with van der Waals surface area (Å²) in [6.07, 6.45) is 7.17. The first-order valence-electron chi connectivity index (χ1n) is 10.9. The van der Waals surface area contributed by atoms with Crippen LogP contribution in [0.15, 0.2) is 41.5 Å². The second kappa shape index (κ2) is 6.42. The van der Waals surface area contributed by atoms with Crippen LogP contribution in [-0.2, 0) is 9.59 Å². The van der Waals surface area contributed by atoms with Crippen molar-refractivity contribution in [1.29, 1.82) is 0 Å². The molecule has 6 heteroatoms. The minimum atomic E-state index is -0.217. The van der Waals surface area contributed by atoms with Gasteiger partial charge in [0.05, 0.1) is 18.1 Å². The minimum Gasteiger partial charge on any atom is -0.318 e. The van der Waals surface area contributed by atoms with Crippen LogP contribution in [0.25, 0.3) is 5.69 Å². The molecule has 1 saturated heterocycles. The van der Waals surface area contributed by atoms with Crippen LogP contribution in [0.2, 0.25) is 5.02 Å². The van der Waals surface area contributed by atoms with Crippen molar-refractivity contribution in [3.63, 3.8) is 0 Å². The summed E-state index contributed by atoms with van der Waals surface area (Å²) in [4.78, 5) is 26.2. The number of hydrogen-bond acceptors (Lipinski definition) is 3. The standard InChI is InChI=1S/C25H24ClN3O2/c1-12-4-5-16(9-21(12)26)28-13(2)8-15(14(28)3)11-27-29-24(30)22-17-6-7-18(20-10-19(17)20)23(22)25(29)31/h4-9,11,17-20,22-23H,10H2,1-3H3/b27-11-/t17-,18-,19-,20-,22+,23+/m0/s1. The smallest absolute Gasteiger partial charge is 0.254 e. The highest BCUT2D eigenvalue weighted by Gasteiger charge is 2.67. The molecule has 1 aliphatic heterocycles. The molecule has 2 amide bonds. The summed E-state index contributed by atoms with van der Waals surface area (Å²) in [6, 6.07) is 8.00. The summed E-state index contributed by atoms with van der Waals surface area (Å²) < 4.78 is 2.11. The lowest BCUT2D eigenvalue weighted by atomic mass is 9.63. The maximum absolute atomic E-state index is 13.1. The third kappa shape index (κ3) is 2.59. The molecule has 4 aliphatic carbocycles. The van der Waals surface area contributed by atoms with Crippen LogP contribution in [0.3, 0.4) is 0 Å². The van der Waals surface area contributed by atoms with Gasteiger partial charge in [0, 0.05) is 27.7 Å². The van der Waals surface area contributed by atoms with Gasteiger partial charge in [-0.15, -0.1) is 0 Å². The van der Waals surface area contributed by atoms with Gasteiger partial charge in [0.1, 0.15) is 0 Å². The molecule has 0 radical (unpaired) electrons. The fraction of sp³-hybridized carbons (Fsp3) is 0.400. The molecular weight excluding hydrogens is 410 g/mol. The van der Waals surface area contributed by atoms with Crippen molar-refractivity contribution in [3.05, 3.63) is 64.0 Å². The van der Waals surface area contributed by atoms with Crippen LogP contribution in [0.1, 0.15) is 28.9 Å². The largest absolute Gasteiger partial charge is 0.318 e. The van der Waals surface area contributed by atoms with Gasteiger partial charge in [-0.25, -0.2) is 0 Å². The quantitative estimate of drug-likeness (QED) is 0.408. The molecule has 6 atom stereocenters. The Morgan fingerprint density at radius 1 is 1.00 bits per heavy atom. The van der Waals surface area contributed by atoms with E-state index in [4.69, 9.17) is 11.6 Å². The summed E-state index contributed by atoms with van der Waals surface area (Å²) in [5, 5.41) is 6.26. The van der Waals surface area contributed by atoms with Gasteiger partial charge in [0.2, 0.25) is 0 Å². The predicted molar refractivity (Wildman–Crippen MR) is 119 cm³/mol. The molecule has 31 heavy (non-hydrogen) atoms.